The molecule has 1 atom stereocenters. The van der Waals surface area contributed by atoms with Crippen LogP contribution in [0.15, 0.2) is 65.4 Å². The molecule has 1 N–H and O–H groups in total. The van der Waals surface area contributed by atoms with E-state index in [1.807, 2.05) is 37.5 Å². The van der Waals surface area contributed by atoms with Gasteiger partial charge < -0.3 is 14.4 Å². The van der Waals surface area contributed by atoms with Crippen molar-refractivity contribution < 1.29 is 9.32 Å². The zero-order valence-electron chi connectivity index (χ0n) is 20.2. The van der Waals surface area contributed by atoms with Crippen LogP contribution in [0.3, 0.4) is 0 Å². The molecular weight excluding hydrogens is 476 g/mol. The van der Waals surface area contributed by atoms with E-state index >= 15 is 0 Å². The van der Waals surface area contributed by atoms with Crippen LogP contribution in [0.1, 0.15) is 35.7 Å². The third-order valence-electron chi connectivity index (χ3n) is 6.58. The fourth-order valence-corrected chi connectivity index (χ4v) is 4.76. The quantitative estimate of drug-likeness (QED) is 0.381. The molecule has 0 saturated carbocycles. The van der Waals surface area contributed by atoms with Gasteiger partial charge in [0.05, 0.1) is 17.5 Å². The highest BCUT2D eigenvalue weighted by Gasteiger charge is 2.27. The molecule has 1 unspecified atom stereocenters. The molecule has 0 radical (unpaired) electrons. The molecule has 5 rings (SSSR count). The lowest BCUT2D eigenvalue weighted by Crippen LogP contribution is -2.42. The number of rotatable bonds is 8. The van der Waals surface area contributed by atoms with Gasteiger partial charge in [0.15, 0.2) is 0 Å². The number of hydrogen-bond donors (Lipinski definition) is 1. The van der Waals surface area contributed by atoms with Crippen LogP contribution in [0.5, 0.6) is 0 Å². The second-order valence-corrected chi connectivity index (χ2v) is 9.61. The molecule has 3 heterocycles. The molecule has 36 heavy (non-hydrogen) atoms. The minimum atomic E-state index is -0.0619. The van der Waals surface area contributed by atoms with Crippen LogP contribution < -0.4 is 5.32 Å². The van der Waals surface area contributed by atoms with E-state index in [0.717, 1.165) is 42.9 Å². The van der Waals surface area contributed by atoms with Crippen LogP contribution in [0.4, 0.5) is 0 Å². The molecule has 2 aromatic heterocycles. The summed E-state index contributed by atoms with van der Waals surface area (Å²) in [6, 6.07) is 15.8. The number of amides is 1. The Bertz CT molecular complexity index is 1320. The fraction of sp³-hybridized carbons (Fsp3) is 0.333. The molecule has 0 aliphatic carbocycles. The maximum atomic E-state index is 12.9. The smallest absolute Gasteiger partial charge is 0.241 e. The van der Waals surface area contributed by atoms with Gasteiger partial charge in [-0.2, -0.15) is 4.98 Å². The predicted molar refractivity (Wildman–Crippen MR) is 137 cm³/mol. The number of piperidine rings is 1. The normalized spacial score (nSPS) is 16.2. The molecule has 1 aliphatic heterocycles. The summed E-state index contributed by atoms with van der Waals surface area (Å²) >= 11 is 6.25. The van der Waals surface area contributed by atoms with E-state index in [1.54, 1.807) is 6.07 Å². The largest absolute Gasteiger partial charge is 0.352 e. The number of carbonyl (C=O) groups is 1. The Hall–Kier alpha value is -3.49. The lowest BCUT2D eigenvalue weighted by atomic mass is 9.97. The number of likely N-dealkylation sites (tertiary alicyclic amines) is 1. The zero-order chi connectivity index (χ0) is 24.9. The summed E-state index contributed by atoms with van der Waals surface area (Å²) in [5, 5.41) is 7.78. The first-order valence-corrected chi connectivity index (χ1v) is 12.6. The van der Waals surface area contributed by atoms with Crippen LogP contribution in [-0.4, -0.2) is 43.6 Å². The highest BCUT2D eigenvalue weighted by Crippen LogP contribution is 2.25. The number of hydrogen-bond acceptors (Lipinski definition) is 6. The summed E-state index contributed by atoms with van der Waals surface area (Å²) in [5.74, 6) is 2.02. The highest BCUT2D eigenvalue weighted by molar-refractivity contribution is 6.33. The first kappa shape index (κ1) is 24.2. The van der Waals surface area contributed by atoms with Gasteiger partial charge >= 0.3 is 0 Å². The van der Waals surface area contributed by atoms with Crippen molar-refractivity contribution in [2.75, 3.05) is 13.1 Å². The number of carbonyl (C=O) groups excluding carboxylic acids is 1. The third kappa shape index (κ3) is 5.83. The molecule has 0 spiro atoms. The molecule has 4 aromatic rings. The maximum Gasteiger partial charge on any atom is 0.241 e. The lowest BCUT2D eigenvalue weighted by molar-refractivity contribution is -0.127. The van der Waals surface area contributed by atoms with Gasteiger partial charge in [-0.3, -0.25) is 9.69 Å². The van der Waals surface area contributed by atoms with Crippen LogP contribution in [0.25, 0.3) is 11.4 Å². The van der Waals surface area contributed by atoms with Crippen molar-refractivity contribution in [3.05, 3.63) is 88.8 Å². The van der Waals surface area contributed by atoms with Gasteiger partial charge in [0.1, 0.15) is 5.82 Å². The third-order valence-corrected chi connectivity index (χ3v) is 6.91. The number of benzene rings is 2. The van der Waals surface area contributed by atoms with Gasteiger partial charge in [0, 0.05) is 37.6 Å². The first-order valence-electron chi connectivity index (χ1n) is 12.2. The van der Waals surface area contributed by atoms with Gasteiger partial charge in [-0.05, 0) is 49.6 Å². The average molecular weight is 505 g/mol. The molecule has 8 nitrogen and oxygen atoms in total. The highest BCUT2D eigenvalue weighted by atomic mass is 35.5. The van der Waals surface area contributed by atoms with E-state index in [9.17, 15) is 4.79 Å². The average Bonchev–Trinajstić information content (AvgIpc) is 3.52. The van der Waals surface area contributed by atoms with Crippen molar-refractivity contribution >= 4 is 17.5 Å². The second-order valence-electron chi connectivity index (χ2n) is 9.20. The molecular formula is C27H29ClN6O2. The number of aromatic nitrogens is 4. The molecule has 1 amide bonds. The standard InChI is InChI=1S/C27H29ClN6O2/c1-19-29-12-14-34(19)16-21-10-8-20(9-11-21)15-30-27(35)22-5-4-13-33(17-22)18-25-31-26(32-36-25)23-6-2-3-7-24(23)28/h2-3,6-12,14,22H,4-5,13,15-18H2,1H3,(H,30,35). The summed E-state index contributed by atoms with van der Waals surface area (Å²) in [7, 11) is 0. The van der Waals surface area contributed by atoms with Crippen LogP contribution >= 0.6 is 11.6 Å². The van der Waals surface area contributed by atoms with Gasteiger partial charge in [-0.25, -0.2) is 4.98 Å². The van der Waals surface area contributed by atoms with Gasteiger partial charge in [-0.1, -0.05) is 53.2 Å². The number of nitrogens with one attached hydrogen (secondary N) is 1. The Kier molecular flexibility index (Phi) is 7.44. The summed E-state index contributed by atoms with van der Waals surface area (Å²) in [6.07, 6.45) is 5.62. The topological polar surface area (TPSA) is 89.1 Å². The van der Waals surface area contributed by atoms with Gasteiger partial charge in [0.25, 0.3) is 0 Å². The van der Waals surface area contributed by atoms with E-state index in [1.165, 1.54) is 5.56 Å². The maximum absolute atomic E-state index is 12.9. The van der Waals surface area contributed by atoms with Gasteiger partial charge in [-0.15, -0.1) is 0 Å². The Morgan fingerprint density at radius 2 is 1.94 bits per heavy atom. The van der Waals surface area contributed by atoms with Gasteiger partial charge in [0.2, 0.25) is 17.6 Å². The van der Waals surface area contributed by atoms with Crippen molar-refractivity contribution in [3.8, 4) is 11.4 Å². The van der Waals surface area contributed by atoms with E-state index in [4.69, 9.17) is 16.1 Å². The zero-order valence-corrected chi connectivity index (χ0v) is 21.0. The number of imidazole rings is 1. The molecule has 1 fully saturated rings. The molecule has 1 saturated heterocycles. The van der Waals surface area contributed by atoms with Crippen molar-refractivity contribution in [2.24, 2.45) is 5.92 Å². The first-order chi connectivity index (χ1) is 17.5. The SMILES string of the molecule is Cc1nccn1Cc1ccc(CNC(=O)C2CCCN(Cc3nc(-c4ccccc4Cl)no3)C2)cc1. The van der Waals surface area contributed by atoms with E-state index in [0.29, 0.717) is 36.4 Å². The Labute approximate surface area is 215 Å². The number of halogens is 1. The summed E-state index contributed by atoms with van der Waals surface area (Å²) in [4.78, 5) is 23.9. The Morgan fingerprint density at radius 3 is 2.72 bits per heavy atom. The monoisotopic (exact) mass is 504 g/mol. The number of aryl methyl sites for hydroxylation is 1. The van der Waals surface area contributed by atoms with Crippen molar-refractivity contribution in [3.63, 3.8) is 0 Å². The van der Waals surface area contributed by atoms with E-state index < -0.39 is 0 Å². The molecule has 9 heteroatoms. The van der Waals surface area contributed by atoms with Crippen molar-refractivity contribution in [1.29, 1.82) is 0 Å². The van der Waals surface area contributed by atoms with E-state index in [-0.39, 0.29) is 11.8 Å². The summed E-state index contributed by atoms with van der Waals surface area (Å²) in [6.45, 7) is 5.38. The molecule has 2 aromatic carbocycles. The van der Waals surface area contributed by atoms with Crippen molar-refractivity contribution in [1.82, 2.24) is 29.9 Å². The minimum absolute atomic E-state index is 0.0619. The minimum Gasteiger partial charge on any atom is -0.352 e. The van der Waals surface area contributed by atoms with Crippen LogP contribution in [-0.2, 0) is 24.4 Å². The molecule has 1 aliphatic rings. The van der Waals surface area contributed by atoms with Crippen LogP contribution in [0, 0.1) is 12.8 Å². The Morgan fingerprint density at radius 1 is 1.14 bits per heavy atom. The summed E-state index contributed by atoms with van der Waals surface area (Å²) in [5.41, 5.74) is 3.03. The van der Waals surface area contributed by atoms with E-state index in [2.05, 4.69) is 54.2 Å². The number of nitrogens with zero attached hydrogens (tertiary/aromatic N) is 5. The van der Waals surface area contributed by atoms with Crippen molar-refractivity contribution in [2.45, 2.75) is 39.4 Å². The second kappa shape index (κ2) is 11.1. The fourth-order valence-electron chi connectivity index (χ4n) is 4.54. The predicted octanol–water partition coefficient (Wildman–Crippen LogP) is 4.47. The molecule has 186 valence electrons. The lowest BCUT2D eigenvalue weighted by Gasteiger charge is -2.30. The summed E-state index contributed by atoms with van der Waals surface area (Å²) < 4.78 is 7.57. The Balaban J connectivity index is 1.12. The molecule has 0 bridgehead atoms. The van der Waals surface area contributed by atoms with Crippen LogP contribution in [0.2, 0.25) is 5.02 Å².